The lowest BCUT2D eigenvalue weighted by Crippen LogP contribution is -2.24. The van der Waals surface area contributed by atoms with Crippen molar-refractivity contribution < 1.29 is 23.7 Å². The summed E-state index contributed by atoms with van der Waals surface area (Å²) in [6.07, 6.45) is 8.06. The standard InChI is InChI=1S/C28H35NO5/c1-3-20-19-23(12-15-26(20)31-17-18-33-27-7-5-6-16-32-27)29-28(30)25(4-2)34-24-13-10-22(11-14-24)21-8-9-21/h4,10-15,19,21,27H,3,5-9,16-18H2,1-2H3,(H,29,30)/b25-4-. The van der Waals surface area contributed by atoms with Gasteiger partial charge < -0.3 is 24.3 Å². The lowest BCUT2D eigenvalue weighted by molar-refractivity contribution is -0.165. The molecule has 2 aliphatic rings. The largest absolute Gasteiger partial charge is 0.491 e. The zero-order valence-electron chi connectivity index (χ0n) is 20.2. The van der Waals surface area contributed by atoms with Gasteiger partial charge in [-0.2, -0.15) is 0 Å². The van der Waals surface area contributed by atoms with Crippen LogP contribution in [0.4, 0.5) is 5.69 Å². The quantitative estimate of drug-likeness (QED) is 0.252. The highest BCUT2D eigenvalue weighted by molar-refractivity contribution is 6.02. The van der Waals surface area contributed by atoms with Gasteiger partial charge in [0, 0.05) is 12.3 Å². The predicted octanol–water partition coefficient (Wildman–Crippen LogP) is 5.97. The minimum absolute atomic E-state index is 0.111. The van der Waals surface area contributed by atoms with E-state index in [0.29, 0.717) is 30.6 Å². The van der Waals surface area contributed by atoms with Crippen molar-refractivity contribution in [2.45, 2.75) is 64.6 Å². The molecule has 6 nitrogen and oxygen atoms in total. The highest BCUT2D eigenvalue weighted by Crippen LogP contribution is 2.40. The molecule has 1 saturated heterocycles. The Bertz CT molecular complexity index is 975. The van der Waals surface area contributed by atoms with E-state index < -0.39 is 0 Å². The molecule has 4 rings (SSSR count). The monoisotopic (exact) mass is 465 g/mol. The minimum Gasteiger partial charge on any atom is -0.491 e. The molecule has 2 aromatic rings. The van der Waals surface area contributed by atoms with Gasteiger partial charge >= 0.3 is 0 Å². The summed E-state index contributed by atoms with van der Waals surface area (Å²) in [5, 5.41) is 2.94. The maximum Gasteiger partial charge on any atom is 0.291 e. The molecule has 6 heteroatoms. The number of carbonyl (C=O) groups excluding carboxylic acids is 1. The fraction of sp³-hybridized carbons (Fsp3) is 0.464. The second kappa shape index (κ2) is 12.0. The van der Waals surface area contributed by atoms with Crippen molar-refractivity contribution in [3.05, 3.63) is 65.4 Å². The molecule has 2 aromatic carbocycles. The Morgan fingerprint density at radius 2 is 1.91 bits per heavy atom. The first-order valence-corrected chi connectivity index (χ1v) is 12.4. The fourth-order valence-corrected chi connectivity index (χ4v) is 4.03. The number of rotatable bonds is 11. The average molecular weight is 466 g/mol. The molecule has 0 radical (unpaired) electrons. The maximum atomic E-state index is 12.8. The molecule has 0 bridgehead atoms. The first kappa shape index (κ1) is 24.3. The van der Waals surface area contributed by atoms with E-state index in [1.54, 1.807) is 13.0 Å². The third-order valence-electron chi connectivity index (χ3n) is 6.12. The van der Waals surface area contributed by atoms with Crippen LogP contribution < -0.4 is 14.8 Å². The molecule has 1 aliphatic carbocycles. The zero-order chi connectivity index (χ0) is 23.8. The molecule has 182 valence electrons. The lowest BCUT2D eigenvalue weighted by Gasteiger charge is -2.22. The molecule has 1 unspecified atom stereocenters. The Morgan fingerprint density at radius 3 is 2.59 bits per heavy atom. The van der Waals surface area contributed by atoms with Crippen LogP contribution in [0.1, 0.15) is 63.0 Å². The van der Waals surface area contributed by atoms with Gasteiger partial charge in [0.25, 0.3) is 5.91 Å². The van der Waals surface area contributed by atoms with Crippen molar-refractivity contribution in [2.75, 3.05) is 25.1 Å². The second-order valence-electron chi connectivity index (χ2n) is 8.74. The van der Waals surface area contributed by atoms with Crippen LogP contribution in [0.25, 0.3) is 0 Å². The Labute approximate surface area is 202 Å². The zero-order valence-corrected chi connectivity index (χ0v) is 20.2. The number of carbonyl (C=O) groups is 1. The summed E-state index contributed by atoms with van der Waals surface area (Å²) in [6.45, 7) is 5.56. The topological polar surface area (TPSA) is 66.0 Å². The van der Waals surface area contributed by atoms with Gasteiger partial charge in [0.15, 0.2) is 12.0 Å². The summed E-state index contributed by atoms with van der Waals surface area (Å²) < 4.78 is 23.1. The summed E-state index contributed by atoms with van der Waals surface area (Å²) in [6, 6.07) is 13.7. The van der Waals surface area contributed by atoms with Crippen molar-refractivity contribution >= 4 is 11.6 Å². The van der Waals surface area contributed by atoms with Crippen molar-refractivity contribution in [3.63, 3.8) is 0 Å². The first-order valence-electron chi connectivity index (χ1n) is 12.4. The van der Waals surface area contributed by atoms with Crippen LogP contribution in [0.3, 0.4) is 0 Å². The Balaban J connectivity index is 1.28. The Hall–Kier alpha value is -2.83. The van der Waals surface area contributed by atoms with Crippen LogP contribution in [-0.4, -0.2) is 32.0 Å². The minimum atomic E-state index is -0.287. The number of benzene rings is 2. The number of ether oxygens (including phenoxy) is 4. The highest BCUT2D eigenvalue weighted by Gasteiger charge is 2.23. The van der Waals surface area contributed by atoms with E-state index in [1.165, 1.54) is 18.4 Å². The number of aryl methyl sites for hydroxylation is 1. The van der Waals surface area contributed by atoms with Crippen LogP contribution in [0.15, 0.2) is 54.3 Å². The summed E-state index contributed by atoms with van der Waals surface area (Å²) in [5.74, 6) is 2.13. The van der Waals surface area contributed by atoms with Crippen LogP contribution >= 0.6 is 0 Å². The SMILES string of the molecule is C/C=C(\Oc1ccc(C2CC2)cc1)C(=O)Nc1ccc(OCCOC2CCCCO2)c(CC)c1. The third-order valence-corrected chi connectivity index (χ3v) is 6.12. The van der Waals surface area contributed by atoms with Gasteiger partial charge in [-0.25, -0.2) is 0 Å². The first-order chi connectivity index (χ1) is 16.7. The number of hydrogen-bond acceptors (Lipinski definition) is 5. The number of amides is 1. The van der Waals surface area contributed by atoms with E-state index in [2.05, 4.69) is 24.4 Å². The molecule has 1 heterocycles. The molecule has 34 heavy (non-hydrogen) atoms. The number of anilines is 1. The van der Waals surface area contributed by atoms with Gasteiger partial charge in [-0.05, 0) is 98.9 Å². The number of hydrogen-bond donors (Lipinski definition) is 1. The van der Waals surface area contributed by atoms with Crippen LogP contribution in [0.5, 0.6) is 11.5 Å². The van der Waals surface area contributed by atoms with Crippen LogP contribution in [-0.2, 0) is 20.7 Å². The van der Waals surface area contributed by atoms with E-state index in [1.807, 2.05) is 30.3 Å². The van der Waals surface area contributed by atoms with Crippen LogP contribution in [0.2, 0.25) is 0 Å². The highest BCUT2D eigenvalue weighted by atomic mass is 16.7. The fourth-order valence-electron chi connectivity index (χ4n) is 4.03. The van der Waals surface area contributed by atoms with Crippen molar-refractivity contribution in [1.82, 2.24) is 0 Å². The van der Waals surface area contributed by atoms with E-state index >= 15 is 0 Å². The second-order valence-corrected chi connectivity index (χ2v) is 8.74. The molecule has 1 N–H and O–H groups in total. The van der Waals surface area contributed by atoms with Crippen LogP contribution in [0, 0.1) is 0 Å². The van der Waals surface area contributed by atoms with Crippen molar-refractivity contribution in [1.29, 1.82) is 0 Å². The van der Waals surface area contributed by atoms with Gasteiger partial charge in [0.1, 0.15) is 18.1 Å². The smallest absolute Gasteiger partial charge is 0.291 e. The molecule has 1 amide bonds. The van der Waals surface area contributed by atoms with Gasteiger partial charge in [-0.3, -0.25) is 4.79 Å². The molecule has 0 spiro atoms. The van der Waals surface area contributed by atoms with Gasteiger partial charge in [0.2, 0.25) is 0 Å². The van der Waals surface area contributed by atoms with E-state index in [0.717, 1.165) is 43.6 Å². The van der Waals surface area contributed by atoms with E-state index in [4.69, 9.17) is 18.9 Å². The summed E-state index contributed by atoms with van der Waals surface area (Å²) >= 11 is 0. The maximum absolute atomic E-state index is 12.8. The molecular weight excluding hydrogens is 430 g/mol. The summed E-state index contributed by atoms with van der Waals surface area (Å²) in [4.78, 5) is 12.8. The number of nitrogens with one attached hydrogen (secondary N) is 1. The Kier molecular flexibility index (Phi) is 8.61. The summed E-state index contributed by atoms with van der Waals surface area (Å²) in [7, 11) is 0. The third kappa shape index (κ3) is 6.84. The van der Waals surface area contributed by atoms with Crippen molar-refractivity contribution in [2.24, 2.45) is 0 Å². The van der Waals surface area contributed by atoms with Gasteiger partial charge in [-0.15, -0.1) is 0 Å². The molecule has 0 aromatic heterocycles. The average Bonchev–Trinajstić information content (AvgIpc) is 3.72. The van der Waals surface area contributed by atoms with E-state index in [-0.39, 0.29) is 18.0 Å². The lowest BCUT2D eigenvalue weighted by atomic mass is 10.1. The Morgan fingerprint density at radius 1 is 1.09 bits per heavy atom. The molecular formula is C28H35NO5. The molecule has 1 saturated carbocycles. The van der Waals surface area contributed by atoms with E-state index in [9.17, 15) is 4.79 Å². The molecule has 1 atom stereocenters. The molecule has 1 aliphatic heterocycles. The predicted molar refractivity (Wildman–Crippen MR) is 132 cm³/mol. The van der Waals surface area contributed by atoms with Gasteiger partial charge in [0.05, 0.1) is 6.61 Å². The normalized spacial score (nSPS) is 18.4. The summed E-state index contributed by atoms with van der Waals surface area (Å²) in [5.41, 5.74) is 3.06. The van der Waals surface area contributed by atoms with Crippen molar-refractivity contribution in [3.8, 4) is 11.5 Å². The molecule has 2 fully saturated rings. The number of allylic oxidation sites excluding steroid dienone is 1. The van der Waals surface area contributed by atoms with Gasteiger partial charge in [-0.1, -0.05) is 19.1 Å².